The molecule has 0 aromatic heterocycles. The second kappa shape index (κ2) is 7.10. The summed E-state index contributed by atoms with van der Waals surface area (Å²) in [5.41, 5.74) is 0. The highest BCUT2D eigenvalue weighted by Crippen LogP contribution is 2.29. The van der Waals surface area contributed by atoms with Crippen molar-refractivity contribution in [3.63, 3.8) is 0 Å². The number of nitrogens with one attached hydrogen (secondary N) is 2. The van der Waals surface area contributed by atoms with Gasteiger partial charge in [-0.05, 0) is 50.6 Å². The van der Waals surface area contributed by atoms with Crippen LogP contribution in [0, 0.1) is 17.8 Å². The Morgan fingerprint density at radius 1 is 1.11 bits per heavy atom. The van der Waals surface area contributed by atoms with Crippen LogP contribution in [0.25, 0.3) is 0 Å². The van der Waals surface area contributed by atoms with Crippen molar-refractivity contribution in [1.82, 2.24) is 10.6 Å². The summed E-state index contributed by atoms with van der Waals surface area (Å²) in [5, 5.41) is 15.7. The van der Waals surface area contributed by atoms with Crippen LogP contribution in [0.2, 0.25) is 0 Å². The summed E-state index contributed by atoms with van der Waals surface area (Å²) >= 11 is 0. The highest BCUT2D eigenvalue weighted by Gasteiger charge is 2.26. The molecule has 1 saturated heterocycles. The third kappa shape index (κ3) is 3.69. The molecule has 1 heterocycles. The Hall–Kier alpha value is -0.610. The van der Waals surface area contributed by atoms with Gasteiger partial charge >= 0.3 is 0 Å². The van der Waals surface area contributed by atoms with Gasteiger partial charge in [-0.2, -0.15) is 0 Å². The zero-order valence-corrected chi connectivity index (χ0v) is 11.2. The van der Waals surface area contributed by atoms with Crippen molar-refractivity contribution in [3.8, 4) is 0 Å². The lowest BCUT2D eigenvalue weighted by Crippen LogP contribution is -2.41. The van der Waals surface area contributed by atoms with E-state index in [1.807, 2.05) is 0 Å². The molecule has 1 aliphatic heterocycles. The van der Waals surface area contributed by atoms with E-state index in [1.54, 1.807) is 0 Å². The summed E-state index contributed by atoms with van der Waals surface area (Å²) in [4.78, 5) is 12.0. The van der Waals surface area contributed by atoms with Gasteiger partial charge in [0.15, 0.2) is 0 Å². The van der Waals surface area contributed by atoms with E-state index >= 15 is 0 Å². The van der Waals surface area contributed by atoms with Crippen LogP contribution in [0.5, 0.6) is 0 Å². The Morgan fingerprint density at radius 3 is 2.44 bits per heavy atom. The van der Waals surface area contributed by atoms with Crippen LogP contribution < -0.4 is 10.6 Å². The Labute approximate surface area is 110 Å². The van der Waals surface area contributed by atoms with Crippen molar-refractivity contribution < 1.29 is 9.90 Å². The summed E-state index contributed by atoms with van der Waals surface area (Å²) in [6.07, 6.45) is 6.65. The predicted octanol–water partition coefficient (Wildman–Crippen LogP) is 0.901. The maximum atomic E-state index is 12.0. The third-order valence-electron chi connectivity index (χ3n) is 4.55. The molecule has 0 radical (unpaired) electrons. The zero-order valence-electron chi connectivity index (χ0n) is 11.2. The number of aliphatic hydroxyl groups excluding tert-OH is 1. The first-order valence-electron chi connectivity index (χ1n) is 7.40. The van der Waals surface area contributed by atoms with E-state index in [4.69, 9.17) is 0 Å². The fraction of sp³-hybridized carbons (Fsp3) is 0.929. The van der Waals surface area contributed by atoms with Crippen molar-refractivity contribution >= 4 is 5.91 Å². The van der Waals surface area contributed by atoms with Gasteiger partial charge in [0.05, 0.1) is 0 Å². The number of hydrogen-bond donors (Lipinski definition) is 3. The first kappa shape index (κ1) is 13.8. The minimum atomic E-state index is 0.197. The van der Waals surface area contributed by atoms with Crippen molar-refractivity contribution in [3.05, 3.63) is 0 Å². The van der Waals surface area contributed by atoms with Crippen molar-refractivity contribution in [2.24, 2.45) is 17.8 Å². The second-order valence-corrected chi connectivity index (χ2v) is 5.76. The summed E-state index contributed by atoms with van der Waals surface area (Å²) < 4.78 is 0. The Kier molecular flexibility index (Phi) is 5.45. The molecule has 2 fully saturated rings. The van der Waals surface area contributed by atoms with E-state index in [-0.39, 0.29) is 18.4 Å². The fourth-order valence-electron chi connectivity index (χ4n) is 3.25. The van der Waals surface area contributed by atoms with Gasteiger partial charge in [-0.3, -0.25) is 4.79 Å². The lowest BCUT2D eigenvalue weighted by molar-refractivity contribution is -0.126. The normalized spacial score (nSPS) is 30.1. The summed E-state index contributed by atoms with van der Waals surface area (Å²) in [6.45, 7) is 2.95. The summed E-state index contributed by atoms with van der Waals surface area (Å²) in [7, 11) is 0. The van der Waals surface area contributed by atoms with E-state index in [9.17, 15) is 9.90 Å². The predicted molar refractivity (Wildman–Crippen MR) is 71.1 cm³/mol. The van der Waals surface area contributed by atoms with Gasteiger partial charge < -0.3 is 15.7 Å². The molecule has 104 valence electrons. The molecule has 1 aliphatic carbocycles. The number of hydrogen-bond acceptors (Lipinski definition) is 3. The molecule has 0 bridgehead atoms. The first-order chi connectivity index (χ1) is 8.81. The molecule has 4 nitrogen and oxygen atoms in total. The molecule has 1 saturated carbocycles. The largest absolute Gasteiger partial charge is 0.396 e. The number of carbonyl (C=O) groups excluding carboxylic acids is 1. The van der Waals surface area contributed by atoms with Crippen LogP contribution in [-0.2, 0) is 4.79 Å². The maximum Gasteiger partial charge on any atom is 0.223 e. The lowest BCUT2D eigenvalue weighted by Gasteiger charge is -2.31. The van der Waals surface area contributed by atoms with E-state index in [1.165, 1.54) is 12.8 Å². The number of piperidine rings is 1. The Morgan fingerprint density at radius 2 is 1.78 bits per heavy atom. The molecule has 4 heteroatoms. The minimum Gasteiger partial charge on any atom is -0.396 e. The van der Waals surface area contributed by atoms with Gasteiger partial charge in [0.2, 0.25) is 5.91 Å². The average Bonchev–Trinajstić information content (AvgIpc) is 2.46. The molecule has 2 atom stereocenters. The van der Waals surface area contributed by atoms with Crippen LogP contribution >= 0.6 is 0 Å². The smallest absolute Gasteiger partial charge is 0.223 e. The van der Waals surface area contributed by atoms with E-state index in [0.29, 0.717) is 11.8 Å². The van der Waals surface area contributed by atoms with Crippen LogP contribution in [0.4, 0.5) is 0 Å². The van der Waals surface area contributed by atoms with Crippen molar-refractivity contribution in [2.75, 3.05) is 26.2 Å². The Balaban J connectivity index is 1.73. The highest BCUT2D eigenvalue weighted by molar-refractivity contribution is 5.78. The third-order valence-corrected chi connectivity index (χ3v) is 4.55. The number of rotatable bonds is 4. The highest BCUT2D eigenvalue weighted by atomic mass is 16.3. The van der Waals surface area contributed by atoms with Gasteiger partial charge in [0, 0.05) is 19.1 Å². The summed E-state index contributed by atoms with van der Waals surface area (Å²) in [5.74, 6) is 1.29. The van der Waals surface area contributed by atoms with Crippen molar-refractivity contribution in [2.45, 2.75) is 38.5 Å². The SMILES string of the molecule is O=C(NCC1CCCCC1CO)C1CCNCC1. The quantitative estimate of drug-likeness (QED) is 0.698. The molecule has 18 heavy (non-hydrogen) atoms. The number of aliphatic hydroxyl groups is 1. The molecular weight excluding hydrogens is 228 g/mol. The molecule has 0 spiro atoms. The lowest BCUT2D eigenvalue weighted by atomic mass is 9.79. The van der Waals surface area contributed by atoms with E-state index in [0.717, 1.165) is 45.3 Å². The molecule has 0 aromatic carbocycles. The second-order valence-electron chi connectivity index (χ2n) is 5.76. The minimum absolute atomic E-state index is 0.197. The van der Waals surface area contributed by atoms with Crippen LogP contribution in [-0.4, -0.2) is 37.3 Å². The van der Waals surface area contributed by atoms with Crippen LogP contribution in [0.15, 0.2) is 0 Å². The summed E-state index contributed by atoms with van der Waals surface area (Å²) in [6, 6.07) is 0. The van der Waals surface area contributed by atoms with Gasteiger partial charge in [0.25, 0.3) is 0 Å². The zero-order chi connectivity index (χ0) is 12.8. The molecule has 2 rings (SSSR count). The van der Waals surface area contributed by atoms with Gasteiger partial charge in [-0.15, -0.1) is 0 Å². The molecule has 2 unspecified atom stereocenters. The monoisotopic (exact) mass is 254 g/mol. The fourth-order valence-corrected chi connectivity index (χ4v) is 3.25. The topological polar surface area (TPSA) is 61.4 Å². The first-order valence-corrected chi connectivity index (χ1v) is 7.40. The average molecular weight is 254 g/mol. The standard InChI is InChI=1S/C14H26N2O2/c17-10-13-4-2-1-3-12(13)9-16-14(18)11-5-7-15-8-6-11/h11-13,15,17H,1-10H2,(H,16,18). The molecule has 2 aliphatic rings. The Bertz CT molecular complexity index is 265. The molecule has 3 N–H and O–H groups in total. The molecule has 0 aromatic rings. The number of amides is 1. The van der Waals surface area contributed by atoms with E-state index in [2.05, 4.69) is 10.6 Å². The van der Waals surface area contributed by atoms with Gasteiger partial charge in [-0.1, -0.05) is 12.8 Å². The molecular formula is C14H26N2O2. The van der Waals surface area contributed by atoms with Crippen molar-refractivity contribution in [1.29, 1.82) is 0 Å². The van der Waals surface area contributed by atoms with Crippen LogP contribution in [0.1, 0.15) is 38.5 Å². The number of carbonyl (C=O) groups is 1. The van der Waals surface area contributed by atoms with E-state index < -0.39 is 0 Å². The maximum absolute atomic E-state index is 12.0. The van der Waals surface area contributed by atoms with Crippen LogP contribution in [0.3, 0.4) is 0 Å². The molecule has 1 amide bonds. The van der Waals surface area contributed by atoms with Gasteiger partial charge in [0.1, 0.15) is 0 Å². The van der Waals surface area contributed by atoms with Gasteiger partial charge in [-0.25, -0.2) is 0 Å².